The van der Waals surface area contributed by atoms with Crippen molar-refractivity contribution in [2.75, 3.05) is 6.61 Å². The SMILES string of the molecule is CCCCCCCCCCCCCCCOC(=O)c1cc(F)ccc1C(F)(F)F. The largest absolute Gasteiger partial charge is 0.462 e. The van der Waals surface area contributed by atoms with Crippen molar-refractivity contribution in [3.63, 3.8) is 0 Å². The number of hydrogen-bond donors (Lipinski definition) is 0. The average molecular weight is 419 g/mol. The van der Waals surface area contributed by atoms with Gasteiger partial charge in [0.25, 0.3) is 0 Å². The van der Waals surface area contributed by atoms with Gasteiger partial charge in [-0.1, -0.05) is 84.0 Å². The van der Waals surface area contributed by atoms with Crippen LogP contribution in [0.3, 0.4) is 0 Å². The molecule has 0 aliphatic rings. The predicted molar refractivity (Wildman–Crippen MR) is 107 cm³/mol. The van der Waals surface area contributed by atoms with Gasteiger partial charge in [-0.15, -0.1) is 0 Å². The second kappa shape index (κ2) is 14.4. The van der Waals surface area contributed by atoms with Crippen LogP contribution in [0.4, 0.5) is 17.6 Å². The van der Waals surface area contributed by atoms with E-state index in [4.69, 9.17) is 4.74 Å². The molecule has 0 spiro atoms. The zero-order chi connectivity index (χ0) is 21.5. The van der Waals surface area contributed by atoms with E-state index in [0.29, 0.717) is 24.6 Å². The summed E-state index contributed by atoms with van der Waals surface area (Å²) in [6, 6.07) is 1.83. The molecule has 0 saturated heterocycles. The summed E-state index contributed by atoms with van der Waals surface area (Å²) in [6.45, 7) is 2.27. The molecule has 1 aromatic rings. The third kappa shape index (κ3) is 11.2. The standard InChI is InChI=1S/C23H34F4O2/c1-2-3-4-5-6-7-8-9-10-11-12-13-14-17-29-22(28)20-18-19(24)15-16-21(20)23(25,26)27/h15-16,18H,2-14,17H2,1H3. The third-order valence-corrected chi connectivity index (χ3v) is 4.99. The molecular formula is C23H34F4O2. The summed E-state index contributed by atoms with van der Waals surface area (Å²) < 4.78 is 56.9. The number of unbranched alkanes of at least 4 members (excludes halogenated alkanes) is 12. The lowest BCUT2D eigenvalue weighted by molar-refractivity contribution is -0.138. The molecule has 1 rings (SSSR count). The Labute approximate surface area is 172 Å². The van der Waals surface area contributed by atoms with E-state index in [2.05, 4.69) is 6.92 Å². The van der Waals surface area contributed by atoms with Gasteiger partial charge in [0.05, 0.1) is 17.7 Å². The molecule has 0 unspecified atom stereocenters. The van der Waals surface area contributed by atoms with Crippen LogP contribution in [0.2, 0.25) is 0 Å². The van der Waals surface area contributed by atoms with Crippen LogP contribution in [0.15, 0.2) is 18.2 Å². The summed E-state index contributed by atoms with van der Waals surface area (Å²) in [6.07, 6.45) is 10.5. The van der Waals surface area contributed by atoms with Crippen molar-refractivity contribution in [3.8, 4) is 0 Å². The fraction of sp³-hybridized carbons (Fsp3) is 0.696. The van der Waals surface area contributed by atoms with Gasteiger partial charge in [-0.05, 0) is 24.6 Å². The average Bonchev–Trinajstić information content (AvgIpc) is 2.67. The van der Waals surface area contributed by atoms with Crippen LogP contribution < -0.4 is 0 Å². The maximum atomic E-state index is 13.2. The Hall–Kier alpha value is -1.59. The molecule has 6 heteroatoms. The minimum absolute atomic E-state index is 0.0460. The third-order valence-electron chi connectivity index (χ3n) is 4.99. The highest BCUT2D eigenvalue weighted by atomic mass is 19.4. The Morgan fingerprint density at radius 3 is 1.79 bits per heavy atom. The van der Waals surface area contributed by atoms with Crippen molar-refractivity contribution in [1.82, 2.24) is 0 Å². The van der Waals surface area contributed by atoms with E-state index in [-0.39, 0.29) is 6.61 Å². The van der Waals surface area contributed by atoms with Crippen molar-refractivity contribution >= 4 is 5.97 Å². The van der Waals surface area contributed by atoms with E-state index < -0.39 is 29.1 Å². The molecule has 0 saturated carbocycles. The van der Waals surface area contributed by atoms with Crippen LogP contribution in [-0.4, -0.2) is 12.6 Å². The Balaban J connectivity index is 2.10. The molecule has 166 valence electrons. The Kier molecular flexibility index (Phi) is 12.6. The van der Waals surface area contributed by atoms with Crippen molar-refractivity contribution in [3.05, 3.63) is 35.1 Å². The second-order valence-corrected chi connectivity index (χ2v) is 7.57. The van der Waals surface area contributed by atoms with E-state index in [1.165, 1.54) is 57.8 Å². The molecule has 0 N–H and O–H groups in total. The van der Waals surface area contributed by atoms with E-state index in [1.54, 1.807) is 0 Å². The number of carbonyl (C=O) groups is 1. The van der Waals surface area contributed by atoms with Gasteiger partial charge in [0.2, 0.25) is 0 Å². The minimum atomic E-state index is -4.72. The zero-order valence-electron chi connectivity index (χ0n) is 17.5. The highest BCUT2D eigenvalue weighted by Crippen LogP contribution is 2.32. The molecule has 1 aromatic carbocycles. The number of hydrogen-bond acceptors (Lipinski definition) is 2. The fourth-order valence-electron chi connectivity index (χ4n) is 3.29. The normalized spacial score (nSPS) is 11.6. The summed E-state index contributed by atoms with van der Waals surface area (Å²) in [5.74, 6) is -2.03. The molecular weight excluding hydrogens is 384 g/mol. The topological polar surface area (TPSA) is 26.3 Å². The van der Waals surface area contributed by atoms with Crippen molar-refractivity contribution < 1.29 is 27.1 Å². The Morgan fingerprint density at radius 1 is 0.828 bits per heavy atom. The lowest BCUT2D eigenvalue weighted by atomic mass is 10.0. The molecule has 2 nitrogen and oxygen atoms in total. The molecule has 0 heterocycles. The number of ether oxygens (including phenoxy) is 1. The van der Waals surface area contributed by atoms with Gasteiger partial charge in [0.1, 0.15) is 5.82 Å². The number of alkyl halides is 3. The van der Waals surface area contributed by atoms with Gasteiger partial charge < -0.3 is 4.74 Å². The van der Waals surface area contributed by atoms with Crippen LogP contribution in [0.1, 0.15) is 106 Å². The van der Waals surface area contributed by atoms with Gasteiger partial charge in [-0.2, -0.15) is 13.2 Å². The Morgan fingerprint density at radius 2 is 1.31 bits per heavy atom. The van der Waals surface area contributed by atoms with E-state index in [1.807, 2.05) is 0 Å². The molecule has 0 atom stereocenters. The number of esters is 1. The van der Waals surface area contributed by atoms with E-state index in [9.17, 15) is 22.4 Å². The summed E-state index contributed by atoms with van der Waals surface area (Å²) in [4.78, 5) is 11.9. The minimum Gasteiger partial charge on any atom is -0.462 e. The Bertz CT molecular complexity index is 585. The quantitative estimate of drug-likeness (QED) is 0.163. The molecule has 0 bridgehead atoms. The zero-order valence-corrected chi connectivity index (χ0v) is 17.5. The van der Waals surface area contributed by atoms with Crippen molar-refractivity contribution in [2.45, 2.75) is 96.6 Å². The van der Waals surface area contributed by atoms with Crippen LogP contribution in [0.5, 0.6) is 0 Å². The van der Waals surface area contributed by atoms with E-state index in [0.717, 1.165) is 19.3 Å². The van der Waals surface area contributed by atoms with Crippen LogP contribution in [0, 0.1) is 5.82 Å². The maximum absolute atomic E-state index is 13.2. The number of benzene rings is 1. The van der Waals surface area contributed by atoms with Gasteiger partial charge in [-0.25, -0.2) is 9.18 Å². The maximum Gasteiger partial charge on any atom is 0.417 e. The lowest BCUT2D eigenvalue weighted by Gasteiger charge is -2.12. The summed E-state index contributed by atoms with van der Waals surface area (Å²) in [7, 11) is 0. The summed E-state index contributed by atoms with van der Waals surface area (Å²) in [5, 5.41) is 0. The molecule has 0 aromatic heterocycles. The van der Waals surface area contributed by atoms with Crippen LogP contribution >= 0.6 is 0 Å². The first-order valence-corrected chi connectivity index (χ1v) is 10.9. The molecule has 29 heavy (non-hydrogen) atoms. The number of halogens is 4. The highest BCUT2D eigenvalue weighted by Gasteiger charge is 2.35. The second-order valence-electron chi connectivity index (χ2n) is 7.57. The predicted octanol–water partition coefficient (Wildman–Crippen LogP) is 8.09. The summed E-state index contributed by atoms with van der Waals surface area (Å²) in [5.41, 5.74) is -1.94. The van der Waals surface area contributed by atoms with Gasteiger partial charge in [0.15, 0.2) is 0 Å². The van der Waals surface area contributed by atoms with Gasteiger partial charge >= 0.3 is 12.1 Å². The van der Waals surface area contributed by atoms with E-state index >= 15 is 0 Å². The molecule has 0 aliphatic heterocycles. The number of carbonyl (C=O) groups excluding carboxylic acids is 1. The first kappa shape index (κ1) is 25.4. The summed E-state index contributed by atoms with van der Waals surface area (Å²) >= 11 is 0. The first-order valence-electron chi connectivity index (χ1n) is 10.9. The molecule has 0 aliphatic carbocycles. The number of rotatable bonds is 15. The smallest absolute Gasteiger partial charge is 0.417 e. The highest BCUT2D eigenvalue weighted by molar-refractivity contribution is 5.91. The molecule has 0 radical (unpaired) electrons. The fourth-order valence-corrected chi connectivity index (χ4v) is 3.29. The lowest BCUT2D eigenvalue weighted by Crippen LogP contribution is -2.16. The van der Waals surface area contributed by atoms with Crippen molar-refractivity contribution in [2.24, 2.45) is 0 Å². The van der Waals surface area contributed by atoms with Crippen molar-refractivity contribution in [1.29, 1.82) is 0 Å². The first-order chi connectivity index (χ1) is 13.9. The van der Waals surface area contributed by atoms with Gasteiger partial charge in [0, 0.05) is 0 Å². The monoisotopic (exact) mass is 418 g/mol. The van der Waals surface area contributed by atoms with Crippen LogP contribution in [0.25, 0.3) is 0 Å². The molecule has 0 amide bonds. The molecule has 0 fully saturated rings. The van der Waals surface area contributed by atoms with Crippen LogP contribution in [-0.2, 0) is 10.9 Å². The van der Waals surface area contributed by atoms with Gasteiger partial charge in [-0.3, -0.25) is 0 Å².